The van der Waals surface area contributed by atoms with Crippen LogP contribution < -0.4 is 5.32 Å². The summed E-state index contributed by atoms with van der Waals surface area (Å²) < 4.78 is 0. The molecule has 2 rings (SSSR count). The second-order valence-corrected chi connectivity index (χ2v) is 5.33. The third-order valence-corrected chi connectivity index (χ3v) is 3.93. The highest BCUT2D eigenvalue weighted by atomic mass is 79.9. The number of rotatable bonds is 4. The molecule has 0 fully saturated rings. The number of amides is 1. The van der Waals surface area contributed by atoms with Crippen LogP contribution in [0.4, 0.5) is 0 Å². The van der Waals surface area contributed by atoms with Crippen molar-refractivity contribution in [3.63, 3.8) is 0 Å². The number of benzene rings is 2. The van der Waals surface area contributed by atoms with Gasteiger partial charge >= 0.3 is 0 Å². The van der Waals surface area contributed by atoms with Crippen molar-refractivity contribution in [1.29, 1.82) is 0 Å². The zero-order chi connectivity index (χ0) is 13.7. The van der Waals surface area contributed by atoms with Crippen LogP contribution in [0.3, 0.4) is 0 Å². The van der Waals surface area contributed by atoms with E-state index >= 15 is 0 Å². The maximum absolute atomic E-state index is 12.2. The summed E-state index contributed by atoms with van der Waals surface area (Å²) >= 11 is 3.44. The zero-order valence-electron chi connectivity index (χ0n) is 10.7. The summed E-state index contributed by atoms with van der Waals surface area (Å²) in [6.07, 6.45) is 0. The van der Waals surface area contributed by atoms with Crippen molar-refractivity contribution in [2.75, 3.05) is 0 Å². The molecule has 0 bridgehead atoms. The fourth-order valence-corrected chi connectivity index (χ4v) is 2.32. The average Bonchev–Trinajstić information content (AvgIpc) is 2.48. The van der Waals surface area contributed by atoms with E-state index in [1.807, 2.05) is 67.6 Å². The molecule has 1 N–H and O–H groups in total. The second kappa shape index (κ2) is 6.53. The Kier molecular flexibility index (Phi) is 4.74. The molecule has 0 saturated carbocycles. The number of carbonyl (C=O) groups is 1. The fraction of sp³-hybridized carbons (Fsp3) is 0.188. The lowest BCUT2D eigenvalue weighted by atomic mass is 10.1. The van der Waals surface area contributed by atoms with Crippen LogP contribution in [-0.4, -0.2) is 5.91 Å². The molecule has 0 heterocycles. The molecule has 3 heteroatoms. The molecule has 2 nitrogen and oxygen atoms in total. The largest absolute Gasteiger partial charge is 0.348 e. The lowest BCUT2D eigenvalue weighted by Gasteiger charge is -2.17. The van der Waals surface area contributed by atoms with Gasteiger partial charge in [0.15, 0.2) is 0 Å². The molecular formula is C16H16BrNO. The minimum atomic E-state index is -0.320. The van der Waals surface area contributed by atoms with E-state index in [0.29, 0.717) is 0 Å². The van der Waals surface area contributed by atoms with E-state index in [-0.39, 0.29) is 16.8 Å². The smallest absolute Gasteiger partial charge is 0.238 e. The molecule has 0 aliphatic heterocycles. The van der Waals surface area contributed by atoms with E-state index in [1.54, 1.807) is 0 Å². The molecule has 0 aliphatic rings. The zero-order valence-corrected chi connectivity index (χ0v) is 12.3. The van der Waals surface area contributed by atoms with Crippen LogP contribution in [0.25, 0.3) is 0 Å². The average molecular weight is 318 g/mol. The monoisotopic (exact) mass is 317 g/mol. The molecule has 0 radical (unpaired) electrons. The van der Waals surface area contributed by atoms with Crippen LogP contribution in [0, 0.1) is 0 Å². The lowest BCUT2D eigenvalue weighted by Crippen LogP contribution is -2.29. The Balaban J connectivity index is 2.02. The molecule has 0 spiro atoms. The third kappa shape index (κ3) is 3.67. The van der Waals surface area contributed by atoms with E-state index in [2.05, 4.69) is 21.2 Å². The van der Waals surface area contributed by atoms with Crippen molar-refractivity contribution < 1.29 is 4.79 Å². The number of hydrogen-bond donors (Lipinski definition) is 1. The highest BCUT2D eigenvalue weighted by Gasteiger charge is 2.18. The summed E-state index contributed by atoms with van der Waals surface area (Å²) in [7, 11) is 0. The second-order valence-electron chi connectivity index (χ2n) is 4.41. The topological polar surface area (TPSA) is 29.1 Å². The van der Waals surface area contributed by atoms with Crippen molar-refractivity contribution in [3.05, 3.63) is 71.8 Å². The number of alkyl halides is 1. The number of carbonyl (C=O) groups excluding carboxylic acids is 1. The first-order valence-electron chi connectivity index (χ1n) is 6.23. The lowest BCUT2D eigenvalue weighted by molar-refractivity contribution is -0.121. The van der Waals surface area contributed by atoms with Crippen LogP contribution in [0.5, 0.6) is 0 Å². The van der Waals surface area contributed by atoms with Crippen LogP contribution in [-0.2, 0) is 4.79 Å². The first-order valence-corrected chi connectivity index (χ1v) is 7.14. The van der Waals surface area contributed by atoms with E-state index in [0.717, 1.165) is 11.1 Å². The maximum atomic E-state index is 12.2. The number of hydrogen-bond acceptors (Lipinski definition) is 1. The van der Waals surface area contributed by atoms with Gasteiger partial charge in [0.2, 0.25) is 5.91 Å². The molecule has 2 atom stereocenters. The predicted molar refractivity (Wildman–Crippen MR) is 81.1 cm³/mol. The molecule has 2 aromatic carbocycles. The Bertz CT molecular complexity index is 527. The number of halogens is 1. The Labute approximate surface area is 122 Å². The van der Waals surface area contributed by atoms with Crippen LogP contribution in [0.2, 0.25) is 0 Å². The Morgan fingerprint density at radius 2 is 1.42 bits per heavy atom. The maximum Gasteiger partial charge on any atom is 0.238 e. The molecule has 2 aromatic rings. The van der Waals surface area contributed by atoms with Gasteiger partial charge in [0.05, 0.1) is 6.04 Å². The van der Waals surface area contributed by atoms with Crippen molar-refractivity contribution in [2.24, 2.45) is 0 Å². The number of nitrogens with one attached hydrogen (secondary N) is 1. The van der Waals surface area contributed by atoms with Gasteiger partial charge in [-0.2, -0.15) is 0 Å². The molecule has 19 heavy (non-hydrogen) atoms. The van der Waals surface area contributed by atoms with Gasteiger partial charge in [-0.1, -0.05) is 76.6 Å². The Morgan fingerprint density at radius 3 is 1.95 bits per heavy atom. The van der Waals surface area contributed by atoms with Gasteiger partial charge < -0.3 is 5.32 Å². The van der Waals surface area contributed by atoms with Crippen molar-refractivity contribution >= 4 is 21.8 Å². The Hall–Kier alpha value is -1.61. The molecule has 2 unspecified atom stereocenters. The predicted octanol–water partition coefficient (Wildman–Crippen LogP) is 4.00. The first-order chi connectivity index (χ1) is 9.18. The van der Waals surface area contributed by atoms with Crippen LogP contribution in [0.15, 0.2) is 60.7 Å². The summed E-state index contributed by atoms with van der Waals surface area (Å²) in [4.78, 5) is 11.8. The normalized spacial score (nSPS) is 13.6. The molecule has 1 amide bonds. The van der Waals surface area contributed by atoms with Gasteiger partial charge in [0, 0.05) is 0 Å². The van der Waals surface area contributed by atoms with E-state index in [1.165, 1.54) is 0 Å². The van der Waals surface area contributed by atoms with E-state index < -0.39 is 0 Å². The van der Waals surface area contributed by atoms with Crippen molar-refractivity contribution in [2.45, 2.75) is 17.8 Å². The highest BCUT2D eigenvalue weighted by Crippen LogP contribution is 2.23. The molecule has 0 aromatic heterocycles. The van der Waals surface area contributed by atoms with Crippen molar-refractivity contribution in [1.82, 2.24) is 5.32 Å². The molecule has 0 aliphatic carbocycles. The summed E-state index contributed by atoms with van der Waals surface area (Å²) in [5, 5.41) is 3.01. The van der Waals surface area contributed by atoms with Crippen LogP contribution in [0.1, 0.15) is 28.9 Å². The summed E-state index contributed by atoms with van der Waals surface area (Å²) in [5.74, 6) is -0.0254. The quantitative estimate of drug-likeness (QED) is 0.848. The first kappa shape index (κ1) is 13.8. The van der Waals surface area contributed by atoms with E-state index in [4.69, 9.17) is 0 Å². The minimum Gasteiger partial charge on any atom is -0.348 e. The standard InChI is InChI=1S/C16H16BrNO/c1-12(13-8-4-2-5-9-13)18-16(19)15(17)14-10-6-3-7-11-14/h2-12,15H,1H3,(H,18,19). The molecule has 0 saturated heterocycles. The fourth-order valence-electron chi connectivity index (χ4n) is 1.88. The van der Waals surface area contributed by atoms with Gasteiger partial charge in [-0.15, -0.1) is 0 Å². The third-order valence-electron chi connectivity index (χ3n) is 2.98. The summed E-state index contributed by atoms with van der Waals surface area (Å²) in [6, 6.07) is 19.6. The van der Waals surface area contributed by atoms with Gasteiger partial charge in [-0.05, 0) is 18.1 Å². The summed E-state index contributed by atoms with van der Waals surface area (Å²) in [6.45, 7) is 1.98. The van der Waals surface area contributed by atoms with Gasteiger partial charge in [-0.25, -0.2) is 0 Å². The molecule has 98 valence electrons. The Morgan fingerprint density at radius 1 is 0.947 bits per heavy atom. The highest BCUT2D eigenvalue weighted by molar-refractivity contribution is 9.09. The van der Waals surface area contributed by atoms with Gasteiger partial charge in [-0.3, -0.25) is 4.79 Å². The van der Waals surface area contributed by atoms with Crippen LogP contribution >= 0.6 is 15.9 Å². The molecular weight excluding hydrogens is 302 g/mol. The van der Waals surface area contributed by atoms with E-state index in [9.17, 15) is 4.79 Å². The van der Waals surface area contributed by atoms with Crippen molar-refractivity contribution in [3.8, 4) is 0 Å². The SMILES string of the molecule is CC(NC(=O)C(Br)c1ccccc1)c1ccccc1. The minimum absolute atomic E-state index is 0.00235. The van der Waals surface area contributed by atoms with Gasteiger partial charge in [0.25, 0.3) is 0 Å². The summed E-state index contributed by atoms with van der Waals surface area (Å²) in [5.41, 5.74) is 2.06. The van der Waals surface area contributed by atoms with Gasteiger partial charge in [0.1, 0.15) is 4.83 Å².